The molecule has 0 spiro atoms. The van der Waals surface area contributed by atoms with E-state index in [0.717, 1.165) is 11.4 Å². The molecule has 25 heavy (non-hydrogen) atoms. The van der Waals surface area contributed by atoms with Crippen LogP contribution in [0.1, 0.15) is 12.5 Å². The van der Waals surface area contributed by atoms with E-state index < -0.39 is 0 Å². The average molecular weight is 341 g/mol. The van der Waals surface area contributed by atoms with Gasteiger partial charge in [-0.25, -0.2) is 4.68 Å². The number of benzene rings is 1. The standard InChI is InChI=1S/C17H19N5O3/c1-25-15-4-2-13(3-5-15)21-9-12(8-16(21)23)17(24)20-10-14(11-20)22-7-6-18-19-22/h2-7,12,14H,8-11H2,1H3. The number of amides is 2. The third kappa shape index (κ3) is 2.84. The van der Waals surface area contributed by atoms with Gasteiger partial charge in [0.25, 0.3) is 0 Å². The summed E-state index contributed by atoms with van der Waals surface area (Å²) in [5.41, 5.74) is 0.796. The summed E-state index contributed by atoms with van der Waals surface area (Å²) in [6, 6.07) is 7.49. The molecule has 4 rings (SSSR count). The van der Waals surface area contributed by atoms with E-state index in [4.69, 9.17) is 4.74 Å². The Morgan fingerprint density at radius 3 is 2.60 bits per heavy atom. The maximum atomic E-state index is 12.6. The second-order valence-corrected chi connectivity index (χ2v) is 6.38. The molecule has 1 aromatic heterocycles. The molecule has 2 saturated heterocycles. The number of carbonyl (C=O) groups is 2. The van der Waals surface area contributed by atoms with Gasteiger partial charge in [0.15, 0.2) is 0 Å². The molecule has 3 heterocycles. The van der Waals surface area contributed by atoms with E-state index in [1.807, 2.05) is 24.3 Å². The molecule has 2 aliphatic heterocycles. The predicted molar refractivity (Wildman–Crippen MR) is 89.1 cm³/mol. The van der Waals surface area contributed by atoms with Crippen LogP contribution < -0.4 is 9.64 Å². The first-order valence-electron chi connectivity index (χ1n) is 8.24. The first-order valence-corrected chi connectivity index (χ1v) is 8.24. The third-order valence-corrected chi connectivity index (χ3v) is 4.85. The van der Waals surface area contributed by atoms with Crippen molar-refractivity contribution in [2.45, 2.75) is 12.5 Å². The van der Waals surface area contributed by atoms with Crippen LogP contribution in [0.3, 0.4) is 0 Å². The normalized spacial score (nSPS) is 20.7. The minimum Gasteiger partial charge on any atom is -0.497 e. The zero-order valence-electron chi connectivity index (χ0n) is 13.9. The molecule has 2 fully saturated rings. The Morgan fingerprint density at radius 1 is 1.20 bits per heavy atom. The van der Waals surface area contributed by atoms with E-state index in [2.05, 4.69) is 10.3 Å². The molecule has 1 atom stereocenters. The number of nitrogens with zero attached hydrogens (tertiary/aromatic N) is 5. The molecule has 8 nitrogen and oxygen atoms in total. The van der Waals surface area contributed by atoms with Gasteiger partial charge in [0.2, 0.25) is 11.8 Å². The van der Waals surface area contributed by atoms with E-state index in [1.165, 1.54) is 0 Å². The largest absolute Gasteiger partial charge is 0.497 e. The summed E-state index contributed by atoms with van der Waals surface area (Å²) in [7, 11) is 1.60. The highest BCUT2D eigenvalue weighted by molar-refractivity contribution is 6.00. The van der Waals surface area contributed by atoms with Crippen LogP contribution >= 0.6 is 0 Å². The van der Waals surface area contributed by atoms with Crippen LogP contribution in [0, 0.1) is 5.92 Å². The molecule has 0 aliphatic carbocycles. The summed E-state index contributed by atoms with van der Waals surface area (Å²) < 4.78 is 6.91. The fourth-order valence-corrected chi connectivity index (χ4v) is 3.36. The number of rotatable bonds is 4. The number of ether oxygens (including phenoxy) is 1. The number of likely N-dealkylation sites (tertiary alicyclic amines) is 1. The number of anilines is 1. The molecule has 2 amide bonds. The molecular formula is C17H19N5O3. The van der Waals surface area contributed by atoms with E-state index in [0.29, 0.717) is 19.6 Å². The average Bonchev–Trinajstić information content (AvgIpc) is 3.23. The number of hydrogen-bond acceptors (Lipinski definition) is 5. The molecule has 0 bridgehead atoms. The van der Waals surface area contributed by atoms with Gasteiger partial charge in [-0.05, 0) is 24.3 Å². The Hall–Kier alpha value is -2.90. The van der Waals surface area contributed by atoms with Gasteiger partial charge in [-0.1, -0.05) is 5.21 Å². The monoisotopic (exact) mass is 341 g/mol. The molecule has 1 unspecified atom stereocenters. The maximum Gasteiger partial charge on any atom is 0.228 e. The van der Waals surface area contributed by atoms with Crippen molar-refractivity contribution in [3.05, 3.63) is 36.7 Å². The Kier molecular flexibility index (Phi) is 3.87. The molecule has 2 aliphatic rings. The second-order valence-electron chi connectivity index (χ2n) is 6.38. The summed E-state index contributed by atoms with van der Waals surface area (Å²) in [6.45, 7) is 1.67. The SMILES string of the molecule is COc1ccc(N2CC(C(=O)N3CC(n4ccnn4)C3)CC2=O)cc1. The van der Waals surface area contributed by atoms with Gasteiger partial charge in [0, 0.05) is 37.9 Å². The van der Waals surface area contributed by atoms with Gasteiger partial charge < -0.3 is 14.5 Å². The van der Waals surface area contributed by atoms with Gasteiger partial charge in [-0.3, -0.25) is 9.59 Å². The van der Waals surface area contributed by atoms with Gasteiger partial charge in [0.05, 0.1) is 25.3 Å². The quantitative estimate of drug-likeness (QED) is 0.819. The highest BCUT2D eigenvalue weighted by Crippen LogP contribution is 2.30. The number of methoxy groups -OCH3 is 1. The van der Waals surface area contributed by atoms with Crippen molar-refractivity contribution < 1.29 is 14.3 Å². The zero-order valence-corrected chi connectivity index (χ0v) is 13.9. The topological polar surface area (TPSA) is 80.6 Å². The van der Waals surface area contributed by atoms with Gasteiger partial charge in [0.1, 0.15) is 5.75 Å². The summed E-state index contributed by atoms with van der Waals surface area (Å²) in [4.78, 5) is 28.4. The van der Waals surface area contributed by atoms with Crippen LogP contribution in [0.2, 0.25) is 0 Å². The lowest BCUT2D eigenvalue weighted by Gasteiger charge is -2.40. The van der Waals surface area contributed by atoms with Crippen molar-refractivity contribution in [1.82, 2.24) is 19.9 Å². The number of carbonyl (C=O) groups excluding carboxylic acids is 2. The van der Waals surface area contributed by atoms with Gasteiger partial charge in [-0.15, -0.1) is 5.10 Å². The molecule has 2 aromatic rings. The lowest BCUT2D eigenvalue weighted by molar-refractivity contribution is -0.141. The first kappa shape index (κ1) is 15.6. The van der Waals surface area contributed by atoms with E-state index in [-0.39, 0.29) is 30.2 Å². The number of aromatic nitrogens is 3. The predicted octanol–water partition coefficient (Wildman–Crippen LogP) is 0.723. The Balaban J connectivity index is 1.38. The molecule has 0 radical (unpaired) electrons. The van der Waals surface area contributed by atoms with Crippen LogP contribution in [-0.4, -0.2) is 58.5 Å². The van der Waals surface area contributed by atoms with Crippen LogP contribution in [0.5, 0.6) is 5.75 Å². The Morgan fingerprint density at radius 2 is 1.96 bits per heavy atom. The summed E-state index contributed by atoms with van der Waals surface area (Å²) in [6.07, 6.45) is 3.69. The summed E-state index contributed by atoms with van der Waals surface area (Å²) in [5, 5.41) is 7.75. The maximum absolute atomic E-state index is 12.6. The highest BCUT2D eigenvalue weighted by atomic mass is 16.5. The van der Waals surface area contributed by atoms with Crippen molar-refractivity contribution in [1.29, 1.82) is 0 Å². The van der Waals surface area contributed by atoms with Crippen LogP contribution in [0.25, 0.3) is 0 Å². The van der Waals surface area contributed by atoms with Crippen molar-refractivity contribution in [2.24, 2.45) is 5.92 Å². The summed E-state index contributed by atoms with van der Waals surface area (Å²) >= 11 is 0. The minimum absolute atomic E-state index is 0.0168. The lowest BCUT2D eigenvalue weighted by atomic mass is 10.0. The molecule has 0 N–H and O–H groups in total. The molecule has 8 heteroatoms. The summed E-state index contributed by atoms with van der Waals surface area (Å²) in [5.74, 6) is 0.478. The molecule has 130 valence electrons. The smallest absolute Gasteiger partial charge is 0.228 e. The van der Waals surface area contributed by atoms with Gasteiger partial charge >= 0.3 is 0 Å². The van der Waals surface area contributed by atoms with Gasteiger partial charge in [-0.2, -0.15) is 0 Å². The zero-order chi connectivity index (χ0) is 17.4. The van der Waals surface area contributed by atoms with Crippen molar-refractivity contribution in [3.8, 4) is 5.75 Å². The van der Waals surface area contributed by atoms with Crippen LogP contribution in [0.15, 0.2) is 36.7 Å². The van der Waals surface area contributed by atoms with Crippen molar-refractivity contribution in [2.75, 3.05) is 31.6 Å². The number of hydrogen-bond donors (Lipinski definition) is 0. The van der Waals surface area contributed by atoms with Crippen LogP contribution in [0.4, 0.5) is 5.69 Å². The minimum atomic E-state index is -0.286. The van der Waals surface area contributed by atoms with Crippen LogP contribution in [-0.2, 0) is 9.59 Å². The van der Waals surface area contributed by atoms with E-state index in [9.17, 15) is 9.59 Å². The Bertz CT molecular complexity index is 768. The molecule has 0 saturated carbocycles. The van der Waals surface area contributed by atoms with Crippen molar-refractivity contribution >= 4 is 17.5 Å². The fourth-order valence-electron chi connectivity index (χ4n) is 3.36. The fraction of sp³-hybridized carbons (Fsp3) is 0.412. The van der Waals surface area contributed by atoms with E-state index >= 15 is 0 Å². The highest BCUT2D eigenvalue weighted by Gasteiger charge is 2.41. The van der Waals surface area contributed by atoms with Crippen molar-refractivity contribution in [3.63, 3.8) is 0 Å². The Labute approximate surface area is 145 Å². The second kappa shape index (κ2) is 6.19. The lowest BCUT2D eigenvalue weighted by Crippen LogP contribution is -2.53. The molecule has 1 aromatic carbocycles. The first-order chi connectivity index (χ1) is 12.2. The molecular weight excluding hydrogens is 322 g/mol. The third-order valence-electron chi connectivity index (χ3n) is 4.85. The van der Waals surface area contributed by atoms with E-state index in [1.54, 1.807) is 34.0 Å².